The molecule has 18 heavy (non-hydrogen) atoms. The minimum absolute atomic E-state index is 0.597. The third kappa shape index (κ3) is 3.09. The van der Waals surface area contributed by atoms with Crippen molar-refractivity contribution in [3.05, 3.63) is 58.1 Å². The molecule has 4 heteroatoms. The molecule has 0 radical (unpaired) electrons. The third-order valence-electron chi connectivity index (χ3n) is 2.58. The lowest BCUT2D eigenvalue weighted by Gasteiger charge is -2.11. The van der Waals surface area contributed by atoms with Crippen LogP contribution in [0, 0.1) is 0 Å². The summed E-state index contributed by atoms with van der Waals surface area (Å²) in [5.41, 5.74) is 1.88. The molecule has 0 saturated carbocycles. The van der Waals surface area contributed by atoms with Gasteiger partial charge in [0.1, 0.15) is 5.75 Å². The first-order valence-electron chi connectivity index (χ1n) is 5.51. The number of halogens is 2. The number of benzene rings is 2. The summed E-state index contributed by atoms with van der Waals surface area (Å²) in [6.45, 7) is 0.597. The Morgan fingerprint density at radius 2 is 1.89 bits per heavy atom. The molecule has 2 aromatic carbocycles. The molecule has 0 aliphatic heterocycles. The number of hydrogen-bond donors (Lipinski definition) is 1. The maximum Gasteiger partial charge on any atom is 0.141 e. The van der Waals surface area contributed by atoms with Crippen LogP contribution < -0.4 is 10.1 Å². The highest BCUT2D eigenvalue weighted by Gasteiger charge is 2.04. The molecule has 0 aliphatic carbocycles. The molecular formula is C14H13Cl2NO. The largest absolute Gasteiger partial charge is 0.495 e. The first kappa shape index (κ1) is 13.1. The molecule has 0 atom stereocenters. The zero-order valence-electron chi connectivity index (χ0n) is 9.91. The van der Waals surface area contributed by atoms with E-state index in [2.05, 4.69) is 5.32 Å². The van der Waals surface area contributed by atoms with Crippen LogP contribution in [0.25, 0.3) is 0 Å². The quantitative estimate of drug-likeness (QED) is 0.883. The number of hydrogen-bond acceptors (Lipinski definition) is 2. The molecule has 2 aromatic rings. The number of methoxy groups -OCH3 is 1. The SMILES string of the molecule is COc1ccccc1NCc1cc(Cl)ccc1Cl. The van der Waals surface area contributed by atoms with Crippen LogP contribution in [0.1, 0.15) is 5.56 Å². The summed E-state index contributed by atoms with van der Waals surface area (Å²) >= 11 is 12.1. The van der Waals surface area contributed by atoms with Crippen LogP contribution in [-0.2, 0) is 6.54 Å². The van der Waals surface area contributed by atoms with Gasteiger partial charge in [-0.05, 0) is 35.9 Å². The van der Waals surface area contributed by atoms with Gasteiger partial charge in [-0.1, -0.05) is 35.3 Å². The van der Waals surface area contributed by atoms with Crippen molar-refractivity contribution in [2.45, 2.75) is 6.54 Å². The second-order valence-electron chi connectivity index (χ2n) is 3.79. The van der Waals surface area contributed by atoms with E-state index in [0.29, 0.717) is 16.6 Å². The normalized spacial score (nSPS) is 10.2. The van der Waals surface area contributed by atoms with E-state index in [-0.39, 0.29) is 0 Å². The van der Waals surface area contributed by atoms with Gasteiger partial charge in [-0.2, -0.15) is 0 Å². The number of rotatable bonds is 4. The molecule has 0 saturated heterocycles. The lowest BCUT2D eigenvalue weighted by atomic mass is 10.2. The van der Waals surface area contributed by atoms with Crippen molar-refractivity contribution in [3.63, 3.8) is 0 Å². The van der Waals surface area contributed by atoms with E-state index in [9.17, 15) is 0 Å². The molecular weight excluding hydrogens is 269 g/mol. The molecule has 0 aliphatic rings. The fraction of sp³-hybridized carbons (Fsp3) is 0.143. The average Bonchev–Trinajstić information content (AvgIpc) is 2.40. The maximum atomic E-state index is 6.11. The van der Waals surface area contributed by atoms with Crippen molar-refractivity contribution in [1.82, 2.24) is 0 Å². The molecule has 0 heterocycles. The summed E-state index contributed by atoms with van der Waals surface area (Å²) in [5.74, 6) is 0.802. The van der Waals surface area contributed by atoms with E-state index >= 15 is 0 Å². The Kier molecular flexibility index (Phi) is 4.34. The summed E-state index contributed by atoms with van der Waals surface area (Å²) in [5, 5.41) is 4.65. The first-order chi connectivity index (χ1) is 8.70. The van der Waals surface area contributed by atoms with Gasteiger partial charge in [0.05, 0.1) is 12.8 Å². The topological polar surface area (TPSA) is 21.3 Å². The standard InChI is InChI=1S/C14H13Cl2NO/c1-18-14-5-3-2-4-13(14)17-9-10-8-11(15)6-7-12(10)16/h2-8,17H,9H2,1H3. The van der Waals surface area contributed by atoms with Gasteiger partial charge in [0, 0.05) is 16.6 Å². The molecule has 94 valence electrons. The van der Waals surface area contributed by atoms with Gasteiger partial charge in [-0.3, -0.25) is 0 Å². The van der Waals surface area contributed by atoms with Crippen molar-refractivity contribution in [3.8, 4) is 5.75 Å². The Labute approximate surface area is 116 Å². The first-order valence-corrected chi connectivity index (χ1v) is 6.27. The van der Waals surface area contributed by atoms with Crippen molar-refractivity contribution in [1.29, 1.82) is 0 Å². The van der Waals surface area contributed by atoms with Gasteiger partial charge in [-0.25, -0.2) is 0 Å². The van der Waals surface area contributed by atoms with E-state index in [1.807, 2.05) is 30.3 Å². The smallest absolute Gasteiger partial charge is 0.141 e. The molecule has 0 aromatic heterocycles. The van der Waals surface area contributed by atoms with Gasteiger partial charge in [0.25, 0.3) is 0 Å². The van der Waals surface area contributed by atoms with Crippen LogP contribution in [0.4, 0.5) is 5.69 Å². The Morgan fingerprint density at radius 3 is 2.67 bits per heavy atom. The predicted octanol–water partition coefficient (Wildman–Crippen LogP) is 4.61. The molecule has 1 N–H and O–H groups in total. The van der Waals surface area contributed by atoms with E-state index in [1.54, 1.807) is 19.2 Å². The second kappa shape index (κ2) is 5.98. The van der Waals surface area contributed by atoms with Crippen molar-refractivity contribution in [2.24, 2.45) is 0 Å². The number of para-hydroxylation sites is 2. The zero-order valence-corrected chi connectivity index (χ0v) is 11.4. The lowest BCUT2D eigenvalue weighted by molar-refractivity contribution is 0.416. The molecule has 2 rings (SSSR count). The Balaban J connectivity index is 2.14. The molecule has 0 bridgehead atoms. The van der Waals surface area contributed by atoms with Gasteiger partial charge in [0.2, 0.25) is 0 Å². The van der Waals surface area contributed by atoms with Gasteiger partial charge < -0.3 is 10.1 Å². The van der Waals surface area contributed by atoms with Gasteiger partial charge in [0.15, 0.2) is 0 Å². The highest BCUT2D eigenvalue weighted by Crippen LogP contribution is 2.26. The second-order valence-corrected chi connectivity index (χ2v) is 4.63. The van der Waals surface area contributed by atoms with E-state index in [4.69, 9.17) is 27.9 Å². The number of anilines is 1. The Morgan fingerprint density at radius 1 is 1.11 bits per heavy atom. The molecule has 0 fully saturated rings. The predicted molar refractivity (Wildman–Crippen MR) is 76.8 cm³/mol. The summed E-state index contributed by atoms with van der Waals surface area (Å²) in [6.07, 6.45) is 0. The van der Waals surface area contributed by atoms with Crippen LogP contribution >= 0.6 is 23.2 Å². The summed E-state index contributed by atoms with van der Waals surface area (Å²) in [6, 6.07) is 13.2. The van der Waals surface area contributed by atoms with E-state index in [0.717, 1.165) is 17.0 Å². The van der Waals surface area contributed by atoms with Crippen LogP contribution in [0.5, 0.6) is 5.75 Å². The summed E-state index contributed by atoms with van der Waals surface area (Å²) in [7, 11) is 1.65. The maximum absolute atomic E-state index is 6.11. The van der Waals surface area contributed by atoms with Crippen LogP contribution in [-0.4, -0.2) is 7.11 Å². The summed E-state index contributed by atoms with van der Waals surface area (Å²) < 4.78 is 5.27. The lowest BCUT2D eigenvalue weighted by Crippen LogP contribution is -2.01. The van der Waals surface area contributed by atoms with Crippen molar-refractivity contribution in [2.75, 3.05) is 12.4 Å². The number of nitrogens with one attached hydrogen (secondary N) is 1. The molecule has 0 amide bonds. The zero-order chi connectivity index (χ0) is 13.0. The minimum Gasteiger partial charge on any atom is -0.495 e. The molecule has 0 spiro atoms. The highest BCUT2D eigenvalue weighted by molar-refractivity contribution is 6.33. The molecule has 2 nitrogen and oxygen atoms in total. The number of ether oxygens (including phenoxy) is 1. The van der Waals surface area contributed by atoms with E-state index < -0.39 is 0 Å². The minimum atomic E-state index is 0.597. The monoisotopic (exact) mass is 281 g/mol. The highest BCUT2D eigenvalue weighted by atomic mass is 35.5. The summed E-state index contributed by atoms with van der Waals surface area (Å²) in [4.78, 5) is 0. The van der Waals surface area contributed by atoms with Crippen molar-refractivity contribution < 1.29 is 4.74 Å². The van der Waals surface area contributed by atoms with E-state index in [1.165, 1.54) is 0 Å². The van der Waals surface area contributed by atoms with Crippen LogP contribution in [0.2, 0.25) is 10.0 Å². The van der Waals surface area contributed by atoms with Crippen LogP contribution in [0.15, 0.2) is 42.5 Å². The fourth-order valence-corrected chi connectivity index (χ4v) is 2.04. The third-order valence-corrected chi connectivity index (χ3v) is 3.19. The van der Waals surface area contributed by atoms with Gasteiger partial charge in [-0.15, -0.1) is 0 Å². The van der Waals surface area contributed by atoms with Crippen molar-refractivity contribution >= 4 is 28.9 Å². The Bertz CT molecular complexity index is 543. The molecule has 0 unspecified atom stereocenters. The Hall–Kier alpha value is -1.38. The van der Waals surface area contributed by atoms with Gasteiger partial charge >= 0.3 is 0 Å². The fourth-order valence-electron chi connectivity index (χ4n) is 1.66. The average molecular weight is 282 g/mol. The van der Waals surface area contributed by atoms with Crippen LogP contribution in [0.3, 0.4) is 0 Å².